The molecule has 0 bridgehead atoms. The first-order valence-electron chi connectivity index (χ1n) is 8.25. The SMILES string of the molecule is CC(C)NC(=O)NC(=O)[C@H](C)OC(=O)/C=C/c1ccc2c(c1)OCCO2. The van der Waals surface area contributed by atoms with Crippen molar-refractivity contribution in [1.29, 1.82) is 0 Å². The van der Waals surface area contributed by atoms with Crippen molar-refractivity contribution >= 4 is 24.0 Å². The number of imide groups is 1. The first kappa shape index (κ1) is 19.3. The van der Waals surface area contributed by atoms with E-state index in [0.29, 0.717) is 24.7 Å². The Morgan fingerprint density at radius 1 is 1.12 bits per heavy atom. The molecule has 1 aromatic carbocycles. The predicted molar refractivity (Wildman–Crippen MR) is 93.8 cm³/mol. The largest absolute Gasteiger partial charge is 0.486 e. The molecule has 2 rings (SSSR count). The normalized spacial score (nSPS) is 14.0. The Morgan fingerprint density at radius 3 is 2.50 bits per heavy atom. The number of nitrogens with one attached hydrogen (secondary N) is 2. The lowest BCUT2D eigenvalue weighted by atomic mass is 10.2. The predicted octanol–water partition coefficient (Wildman–Crippen LogP) is 1.64. The average molecular weight is 362 g/mol. The van der Waals surface area contributed by atoms with Crippen molar-refractivity contribution in [2.45, 2.75) is 32.9 Å². The number of ether oxygens (including phenoxy) is 3. The number of rotatable bonds is 5. The van der Waals surface area contributed by atoms with Crippen molar-refractivity contribution < 1.29 is 28.6 Å². The minimum Gasteiger partial charge on any atom is -0.486 e. The minimum atomic E-state index is -1.11. The second-order valence-corrected chi connectivity index (χ2v) is 5.93. The van der Waals surface area contributed by atoms with Gasteiger partial charge >= 0.3 is 12.0 Å². The summed E-state index contributed by atoms with van der Waals surface area (Å²) in [7, 11) is 0. The molecule has 0 saturated carbocycles. The van der Waals surface area contributed by atoms with E-state index in [-0.39, 0.29) is 6.04 Å². The molecular weight excluding hydrogens is 340 g/mol. The van der Waals surface area contributed by atoms with E-state index in [4.69, 9.17) is 14.2 Å². The fourth-order valence-corrected chi connectivity index (χ4v) is 2.11. The maximum Gasteiger partial charge on any atom is 0.331 e. The molecule has 0 saturated heterocycles. The van der Waals surface area contributed by atoms with Crippen LogP contribution >= 0.6 is 0 Å². The molecule has 0 spiro atoms. The van der Waals surface area contributed by atoms with Gasteiger partial charge < -0.3 is 19.5 Å². The smallest absolute Gasteiger partial charge is 0.331 e. The molecule has 1 aliphatic rings. The summed E-state index contributed by atoms with van der Waals surface area (Å²) in [6.45, 7) is 5.88. The zero-order valence-corrected chi connectivity index (χ0v) is 14.9. The van der Waals surface area contributed by atoms with E-state index in [1.807, 2.05) is 0 Å². The minimum absolute atomic E-state index is 0.116. The average Bonchev–Trinajstić information content (AvgIpc) is 2.58. The lowest BCUT2D eigenvalue weighted by Crippen LogP contribution is -2.46. The molecule has 1 aromatic rings. The highest BCUT2D eigenvalue weighted by molar-refractivity contribution is 5.98. The van der Waals surface area contributed by atoms with Crippen LogP contribution in [0.5, 0.6) is 11.5 Å². The number of benzene rings is 1. The van der Waals surface area contributed by atoms with Gasteiger partial charge in [-0.25, -0.2) is 9.59 Å². The highest BCUT2D eigenvalue weighted by Crippen LogP contribution is 2.31. The molecular formula is C18H22N2O6. The number of carbonyl (C=O) groups is 3. The lowest BCUT2D eigenvalue weighted by molar-refractivity contribution is -0.149. The number of hydrogen-bond donors (Lipinski definition) is 2. The summed E-state index contributed by atoms with van der Waals surface area (Å²) in [5.74, 6) is -0.146. The molecule has 1 aliphatic heterocycles. The van der Waals surface area contributed by atoms with E-state index in [9.17, 15) is 14.4 Å². The fourth-order valence-electron chi connectivity index (χ4n) is 2.11. The van der Waals surface area contributed by atoms with E-state index >= 15 is 0 Å². The van der Waals surface area contributed by atoms with E-state index < -0.39 is 24.0 Å². The van der Waals surface area contributed by atoms with Gasteiger partial charge in [-0.05, 0) is 44.5 Å². The zero-order chi connectivity index (χ0) is 19.1. The zero-order valence-electron chi connectivity index (χ0n) is 14.9. The number of hydrogen-bond acceptors (Lipinski definition) is 6. The van der Waals surface area contributed by atoms with Crippen LogP contribution in [0.2, 0.25) is 0 Å². The second-order valence-electron chi connectivity index (χ2n) is 5.93. The van der Waals surface area contributed by atoms with Gasteiger partial charge in [0.15, 0.2) is 17.6 Å². The van der Waals surface area contributed by atoms with Gasteiger partial charge in [0.25, 0.3) is 5.91 Å². The molecule has 0 radical (unpaired) electrons. The van der Waals surface area contributed by atoms with Gasteiger partial charge in [0.1, 0.15) is 13.2 Å². The molecule has 26 heavy (non-hydrogen) atoms. The monoisotopic (exact) mass is 362 g/mol. The first-order chi connectivity index (χ1) is 12.3. The molecule has 0 unspecified atom stereocenters. The van der Waals surface area contributed by atoms with Crippen LogP contribution in [-0.4, -0.2) is 43.3 Å². The highest BCUT2D eigenvalue weighted by atomic mass is 16.6. The molecule has 2 N–H and O–H groups in total. The Morgan fingerprint density at radius 2 is 1.81 bits per heavy atom. The van der Waals surface area contributed by atoms with E-state index in [2.05, 4.69) is 10.6 Å². The summed E-state index contributed by atoms with van der Waals surface area (Å²) in [4.78, 5) is 35.1. The Kier molecular flexibility index (Phi) is 6.60. The maximum atomic E-state index is 11.8. The van der Waals surface area contributed by atoms with Crippen LogP contribution in [0.4, 0.5) is 4.79 Å². The fraction of sp³-hybridized carbons (Fsp3) is 0.389. The number of urea groups is 1. The first-order valence-corrected chi connectivity index (χ1v) is 8.25. The number of carbonyl (C=O) groups excluding carboxylic acids is 3. The van der Waals surface area contributed by atoms with Gasteiger partial charge in [-0.15, -0.1) is 0 Å². The summed E-state index contributed by atoms with van der Waals surface area (Å²) in [6.07, 6.45) is 1.63. The molecule has 1 heterocycles. The van der Waals surface area contributed by atoms with Gasteiger partial charge in [-0.3, -0.25) is 10.1 Å². The number of fused-ring (bicyclic) bond motifs is 1. The van der Waals surface area contributed by atoms with Gasteiger partial charge in [-0.1, -0.05) is 6.07 Å². The summed E-state index contributed by atoms with van der Waals surface area (Å²) in [5, 5.41) is 4.61. The molecule has 8 heteroatoms. The van der Waals surface area contributed by atoms with Crippen LogP contribution in [0.3, 0.4) is 0 Å². The van der Waals surface area contributed by atoms with Gasteiger partial charge in [0, 0.05) is 12.1 Å². The van der Waals surface area contributed by atoms with E-state index in [1.165, 1.54) is 19.1 Å². The Hall–Kier alpha value is -3.03. The van der Waals surface area contributed by atoms with Crippen LogP contribution in [0.15, 0.2) is 24.3 Å². The van der Waals surface area contributed by atoms with Crippen LogP contribution in [-0.2, 0) is 14.3 Å². The summed E-state index contributed by atoms with van der Waals surface area (Å²) in [6, 6.07) is 4.51. The summed E-state index contributed by atoms with van der Waals surface area (Å²) < 4.78 is 15.9. The third-order valence-corrected chi connectivity index (χ3v) is 3.30. The summed E-state index contributed by atoms with van der Waals surface area (Å²) in [5.41, 5.74) is 0.722. The van der Waals surface area contributed by atoms with Gasteiger partial charge in [0.2, 0.25) is 0 Å². The van der Waals surface area contributed by atoms with Crippen molar-refractivity contribution in [3.05, 3.63) is 29.8 Å². The second kappa shape index (κ2) is 8.89. The molecule has 0 aliphatic carbocycles. The van der Waals surface area contributed by atoms with Crippen molar-refractivity contribution in [3.63, 3.8) is 0 Å². The van der Waals surface area contributed by atoms with Crippen LogP contribution in [0.25, 0.3) is 6.08 Å². The van der Waals surface area contributed by atoms with Gasteiger partial charge in [-0.2, -0.15) is 0 Å². The standard InChI is InChI=1S/C18H22N2O6/c1-11(2)19-18(23)20-17(22)12(3)26-16(21)7-5-13-4-6-14-15(10-13)25-9-8-24-14/h4-7,10-12H,8-9H2,1-3H3,(H2,19,20,22,23)/b7-5+/t12-/m0/s1. The third kappa shape index (κ3) is 5.80. The maximum absolute atomic E-state index is 11.8. The van der Waals surface area contributed by atoms with Crippen LogP contribution in [0.1, 0.15) is 26.3 Å². The lowest BCUT2D eigenvalue weighted by Gasteiger charge is -2.18. The Balaban J connectivity index is 1.86. The van der Waals surface area contributed by atoms with E-state index in [0.717, 1.165) is 5.56 Å². The van der Waals surface area contributed by atoms with Crippen molar-refractivity contribution in [2.75, 3.05) is 13.2 Å². The number of esters is 1. The number of amides is 3. The Bertz CT molecular complexity index is 714. The molecule has 1 atom stereocenters. The van der Waals surface area contributed by atoms with Crippen molar-refractivity contribution in [1.82, 2.24) is 10.6 Å². The van der Waals surface area contributed by atoms with Gasteiger partial charge in [0.05, 0.1) is 0 Å². The van der Waals surface area contributed by atoms with E-state index in [1.54, 1.807) is 32.0 Å². The molecule has 0 fully saturated rings. The molecule has 140 valence electrons. The Labute approximate surface area is 151 Å². The molecule has 8 nitrogen and oxygen atoms in total. The highest BCUT2D eigenvalue weighted by Gasteiger charge is 2.19. The van der Waals surface area contributed by atoms with Crippen LogP contribution in [0, 0.1) is 0 Å². The molecule has 3 amide bonds. The summed E-state index contributed by atoms with van der Waals surface area (Å²) >= 11 is 0. The third-order valence-electron chi connectivity index (χ3n) is 3.30. The van der Waals surface area contributed by atoms with Crippen molar-refractivity contribution in [2.24, 2.45) is 0 Å². The topological polar surface area (TPSA) is 103 Å². The van der Waals surface area contributed by atoms with Crippen molar-refractivity contribution in [3.8, 4) is 11.5 Å². The van der Waals surface area contributed by atoms with Crippen LogP contribution < -0.4 is 20.1 Å². The quantitative estimate of drug-likeness (QED) is 0.610. The molecule has 0 aromatic heterocycles.